The van der Waals surface area contributed by atoms with Crippen molar-refractivity contribution in [2.45, 2.75) is 70.4 Å². The van der Waals surface area contributed by atoms with Crippen molar-refractivity contribution in [3.8, 4) is 0 Å². The first-order valence-corrected chi connectivity index (χ1v) is 7.38. The molecule has 1 atom stereocenters. The monoisotopic (exact) mass is 256 g/mol. The Morgan fingerprint density at radius 3 is 2.56 bits per heavy atom. The van der Waals surface area contributed by atoms with Gasteiger partial charge in [-0.05, 0) is 32.2 Å². The molecule has 3 N–H and O–H groups in total. The van der Waals surface area contributed by atoms with Crippen molar-refractivity contribution in [3.05, 3.63) is 0 Å². The van der Waals surface area contributed by atoms with E-state index in [4.69, 9.17) is 10.5 Å². The number of ether oxygens (including phenoxy) is 1. The summed E-state index contributed by atoms with van der Waals surface area (Å²) in [5.41, 5.74) is 5.36. The number of nitrogens with one attached hydrogen (secondary N) is 1. The van der Waals surface area contributed by atoms with Gasteiger partial charge in [-0.25, -0.2) is 0 Å². The highest BCUT2D eigenvalue weighted by Gasteiger charge is 2.16. The van der Waals surface area contributed by atoms with Crippen LogP contribution in [0.1, 0.15) is 58.3 Å². The van der Waals surface area contributed by atoms with Crippen LogP contribution in [0, 0.1) is 0 Å². The molecule has 106 valence electrons. The lowest BCUT2D eigenvalue weighted by atomic mass is 10.1. The summed E-state index contributed by atoms with van der Waals surface area (Å²) in [6, 6.07) is -0.240. The van der Waals surface area contributed by atoms with E-state index in [-0.39, 0.29) is 11.9 Å². The van der Waals surface area contributed by atoms with Crippen LogP contribution in [0.15, 0.2) is 0 Å². The lowest BCUT2D eigenvalue weighted by Crippen LogP contribution is -2.42. The van der Waals surface area contributed by atoms with E-state index in [1.165, 1.54) is 38.5 Å². The molecule has 0 spiro atoms. The zero-order valence-electron chi connectivity index (χ0n) is 11.6. The molecule has 1 aliphatic carbocycles. The number of rotatable bonds is 8. The topological polar surface area (TPSA) is 64.3 Å². The largest absolute Gasteiger partial charge is 0.378 e. The summed E-state index contributed by atoms with van der Waals surface area (Å²) in [5.74, 6) is -0.270. The number of hydrogen-bond acceptors (Lipinski definition) is 3. The third-order valence-electron chi connectivity index (χ3n) is 3.55. The van der Waals surface area contributed by atoms with Crippen LogP contribution in [0.2, 0.25) is 0 Å². The van der Waals surface area contributed by atoms with Crippen LogP contribution in [-0.2, 0) is 9.53 Å². The van der Waals surface area contributed by atoms with Gasteiger partial charge in [-0.2, -0.15) is 0 Å². The van der Waals surface area contributed by atoms with Crippen LogP contribution in [0.3, 0.4) is 0 Å². The number of carbonyl (C=O) groups excluding carboxylic acids is 1. The molecular weight excluding hydrogens is 228 g/mol. The van der Waals surface area contributed by atoms with E-state index in [0.29, 0.717) is 19.1 Å². The van der Waals surface area contributed by atoms with Crippen LogP contribution in [-0.4, -0.2) is 31.2 Å². The zero-order chi connectivity index (χ0) is 13.2. The Bertz CT molecular complexity index is 226. The van der Waals surface area contributed by atoms with E-state index in [0.717, 1.165) is 13.0 Å². The van der Waals surface area contributed by atoms with Crippen molar-refractivity contribution in [2.75, 3.05) is 13.2 Å². The summed E-state index contributed by atoms with van der Waals surface area (Å²) < 4.78 is 5.88. The average molecular weight is 256 g/mol. The fourth-order valence-electron chi connectivity index (χ4n) is 2.42. The van der Waals surface area contributed by atoms with Crippen molar-refractivity contribution in [2.24, 2.45) is 5.73 Å². The molecule has 4 nitrogen and oxygen atoms in total. The number of carbonyl (C=O) groups is 1. The first-order valence-electron chi connectivity index (χ1n) is 7.38. The van der Waals surface area contributed by atoms with Gasteiger partial charge in [-0.1, -0.05) is 32.6 Å². The van der Waals surface area contributed by atoms with E-state index in [1.54, 1.807) is 0 Å². The lowest BCUT2D eigenvalue weighted by Gasteiger charge is -2.18. The van der Waals surface area contributed by atoms with E-state index in [2.05, 4.69) is 12.2 Å². The van der Waals surface area contributed by atoms with E-state index < -0.39 is 0 Å². The Balaban J connectivity index is 2.18. The molecule has 1 saturated carbocycles. The maximum absolute atomic E-state index is 11.2. The molecule has 4 heteroatoms. The molecule has 1 aliphatic rings. The molecule has 1 rings (SSSR count). The van der Waals surface area contributed by atoms with Gasteiger partial charge < -0.3 is 15.8 Å². The SMILES string of the molecule is CCCNC(CCOC1CCCCCC1)C(N)=O. The number of nitrogens with two attached hydrogens (primary N) is 1. The third kappa shape index (κ3) is 6.36. The Kier molecular flexibility index (Phi) is 8.01. The second-order valence-electron chi connectivity index (χ2n) is 5.18. The van der Waals surface area contributed by atoms with Gasteiger partial charge in [-0.15, -0.1) is 0 Å². The molecule has 0 aromatic heterocycles. The Labute approximate surface area is 111 Å². The van der Waals surface area contributed by atoms with Crippen molar-refractivity contribution in [3.63, 3.8) is 0 Å². The van der Waals surface area contributed by atoms with E-state index in [9.17, 15) is 4.79 Å². The number of amides is 1. The maximum Gasteiger partial charge on any atom is 0.234 e. The third-order valence-corrected chi connectivity index (χ3v) is 3.55. The highest BCUT2D eigenvalue weighted by atomic mass is 16.5. The van der Waals surface area contributed by atoms with Gasteiger partial charge in [0.2, 0.25) is 5.91 Å². The predicted molar refractivity (Wildman–Crippen MR) is 73.3 cm³/mol. The molecule has 0 bridgehead atoms. The summed E-state index contributed by atoms with van der Waals surface area (Å²) in [6.45, 7) is 3.54. The van der Waals surface area contributed by atoms with Crippen LogP contribution in [0.5, 0.6) is 0 Å². The van der Waals surface area contributed by atoms with Crippen molar-refractivity contribution in [1.29, 1.82) is 0 Å². The van der Waals surface area contributed by atoms with Crippen LogP contribution >= 0.6 is 0 Å². The highest BCUT2D eigenvalue weighted by molar-refractivity contribution is 5.79. The lowest BCUT2D eigenvalue weighted by molar-refractivity contribution is -0.120. The minimum Gasteiger partial charge on any atom is -0.378 e. The molecule has 0 heterocycles. The summed E-state index contributed by atoms with van der Waals surface area (Å²) >= 11 is 0. The van der Waals surface area contributed by atoms with Gasteiger partial charge in [0.15, 0.2) is 0 Å². The van der Waals surface area contributed by atoms with Crippen LogP contribution < -0.4 is 11.1 Å². The normalized spacial score (nSPS) is 19.4. The second-order valence-corrected chi connectivity index (χ2v) is 5.18. The van der Waals surface area contributed by atoms with Gasteiger partial charge in [0.25, 0.3) is 0 Å². The van der Waals surface area contributed by atoms with Crippen LogP contribution in [0.25, 0.3) is 0 Å². The minimum atomic E-state index is -0.270. The Morgan fingerprint density at radius 2 is 2.00 bits per heavy atom. The molecular formula is C14H28N2O2. The van der Waals surface area contributed by atoms with Gasteiger partial charge in [0.1, 0.15) is 0 Å². The molecule has 1 unspecified atom stereocenters. The van der Waals surface area contributed by atoms with E-state index >= 15 is 0 Å². The fraction of sp³-hybridized carbons (Fsp3) is 0.929. The fourth-order valence-corrected chi connectivity index (χ4v) is 2.42. The van der Waals surface area contributed by atoms with E-state index in [1.807, 2.05) is 0 Å². The Hall–Kier alpha value is -0.610. The summed E-state index contributed by atoms with van der Waals surface area (Å²) in [6.07, 6.45) is 9.65. The average Bonchev–Trinajstić information content (AvgIpc) is 2.61. The first kappa shape index (κ1) is 15.4. The summed E-state index contributed by atoms with van der Waals surface area (Å²) in [5, 5.41) is 3.16. The smallest absolute Gasteiger partial charge is 0.234 e. The zero-order valence-corrected chi connectivity index (χ0v) is 11.6. The quantitative estimate of drug-likeness (QED) is 0.653. The number of primary amides is 1. The molecule has 0 saturated heterocycles. The van der Waals surface area contributed by atoms with Crippen molar-refractivity contribution >= 4 is 5.91 Å². The Morgan fingerprint density at radius 1 is 1.33 bits per heavy atom. The molecule has 18 heavy (non-hydrogen) atoms. The molecule has 0 radical (unpaired) electrons. The van der Waals surface area contributed by atoms with Gasteiger partial charge >= 0.3 is 0 Å². The van der Waals surface area contributed by atoms with Gasteiger partial charge in [-0.3, -0.25) is 4.79 Å². The molecule has 1 amide bonds. The number of hydrogen-bond donors (Lipinski definition) is 2. The summed E-state index contributed by atoms with van der Waals surface area (Å²) in [4.78, 5) is 11.2. The second kappa shape index (κ2) is 9.34. The molecule has 0 aliphatic heterocycles. The molecule has 0 aromatic rings. The van der Waals surface area contributed by atoms with Crippen molar-refractivity contribution < 1.29 is 9.53 Å². The maximum atomic E-state index is 11.2. The van der Waals surface area contributed by atoms with Gasteiger partial charge in [0.05, 0.1) is 12.1 Å². The van der Waals surface area contributed by atoms with Gasteiger partial charge in [0, 0.05) is 6.61 Å². The van der Waals surface area contributed by atoms with Crippen LogP contribution in [0.4, 0.5) is 0 Å². The molecule has 0 aromatic carbocycles. The minimum absolute atomic E-state index is 0.240. The summed E-state index contributed by atoms with van der Waals surface area (Å²) in [7, 11) is 0. The highest BCUT2D eigenvalue weighted by Crippen LogP contribution is 2.19. The van der Waals surface area contributed by atoms with Crippen molar-refractivity contribution in [1.82, 2.24) is 5.32 Å². The standard InChI is InChI=1S/C14H28N2O2/c1-2-10-16-13(14(15)17)9-11-18-12-7-5-3-4-6-8-12/h12-13,16H,2-11H2,1H3,(H2,15,17). The predicted octanol–water partition coefficient (Wildman–Crippen LogP) is 1.97. The molecule has 1 fully saturated rings. The first-order chi connectivity index (χ1) is 8.74.